The Labute approximate surface area is 148 Å². The van der Waals surface area contributed by atoms with Gasteiger partial charge in [0.25, 0.3) is 0 Å². The lowest BCUT2D eigenvalue weighted by atomic mass is 10.2. The minimum atomic E-state index is 0.760. The molecule has 0 amide bonds. The molecule has 2 aromatic carbocycles. The zero-order valence-electron chi connectivity index (χ0n) is 14.1. The Hall–Kier alpha value is -2.24. The Morgan fingerprint density at radius 1 is 0.958 bits per heavy atom. The van der Waals surface area contributed by atoms with Crippen molar-refractivity contribution in [1.29, 1.82) is 0 Å². The van der Waals surface area contributed by atoms with Gasteiger partial charge in [-0.25, -0.2) is 0 Å². The molecule has 0 aliphatic rings. The maximum atomic E-state index is 5.65. The molecule has 0 spiro atoms. The predicted octanol–water partition coefficient (Wildman–Crippen LogP) is 2.44. The SMILES string of the molecule is Cc1nn(C[NH+](C)Cc2ccccc2)c(=S)n1Cc1ccccc1. The van der Waals surface area contributed by atoms with Gasteiger partial charge < -0.3 is 4.90 Å². The first-order valence-corrected chi connectivity index (χ1v) is 8.57. The number of hydrogen-bond acceptors (Lipinski definition) is 2. The Bertz CT molecular complexity index is 837. The van der Waals surface area contributed by atoms with Crippen LogP contribution in [0.2, 0.25) is 0 Å². The number of quaternary nitrogens is 1. The number of aryl methyl sites for hydroxylation is 1. The van der Waals surface area contributed by atoms with Gasteiger partial charge in [0.15, 0.2) is 6.67 Å². The zero-order chi connectivity index (χ0) is 16.9. The Morgan fingerprint density at radius 2 is 1.54 bits per heavy atom. The number of rotatable bonds is 6. The van der Waals surface area contributed by atoms with E-state index < -0.39 is 0 Å². The van der Waals surface area contributed by atoms with Crippen molar-refractivity contribution in [3.05, 3.63) is 82.4 Å². The summed E-state index contributed by atoms with van der Waals surface area (Å²) < 4.78 is 4.82. The maximum Gasteiger partial charge on any atom is 0.203 e. The van der Waals surface area contributed by atoms with E-state index in [0.29, 0.717) is 0 Å². The average Bonchev–Trinajstić information content (AvgIpc) is 2.84. The fraction of sp³-hybridized carbons (Fsp3) is 0.263. The number of aromatic nitrogens is 3. The van der Waals surface area contributed by atoms with Crippen LogP contribution >= 0.6 is 12.2 Å². The van der Waals surface area contributed by atoms with E-state index in [9.17, 15) is 0 Å². The van der Waals surface area contributed by atoms with Crippen LogP contribution in [0, 0.1) is 11.7 Å². The summed E-state index contributed by atoms with van der Waals surface area (Å²) in [5, 5.41) is 4.64. The van der Waals surface area contributed by atoms with E-state index in [-0.39, 0.29) is 0 Å². The summed E-state index contributed by atoms with van der Waals surface area (Å²) in [7, 11) is 2.17. The van der Waals surface area contributed by atoms with Gasteiger partial charge >= 0.3 is 0 Å². The van der Waals surface area contributed by atoms with Crippen LogP contribution in [0.4, 0.5) is 0 Å². The van der Waals surface area contributed by atoms with Crippen molar-refractivity contribution in [2.75, 3.05) is 7.05 Å². The van der Waals surface area contributed by atoms with Gasteiger partial charge in [-0.2, -0.15) is 9.78 Å². The van der Waals surface area contributed by atoms with Gasteiger partial charge in [0.2, 0.25) is 4.77 Å². The molecular formula is C19H23N4S+. The van der Waals surface area contributed by atoms with E-state index in [1.54, 1.807) is 0 Å². The summed E-state index contributed by atoms with van der Waals surface area (Å²) in [5.74, 6) is 0.955. The summed E-state index contributed by atoms with van der Waals surface area (Å²) in [6, 6.07) is 20.9. The summed E-state index contributed by atoms with van der Waals surface area (Å²) in [4.78, 5) is 1.35. The molecule has 24 heavy (non-hydrogen) atoms. The highest BCUT2D eigenvalue weighted by Crippen LogP contribution is 2.06. The fourth-order valence-electron chi connectivity index (χ4n) is 2.86. The van der Waals surface area contributed by atoms with E-state index >= 15 is 0 Å². The number of nitrogens with zero attached hydrogens (tertiary/aromatic N) is 3. The molecule has 5 heteroatoms. The van der Waals surface area contributed by atoms with Crippen molar-refractivity contribution in [1.82, 2.24) is 14.3 Å². The quantitative estimate of drug-likeness (QED) is 0.699. The fourth-order valence-corrected chi connectivity index (χ4v) is 3.16. The first-order valence-electron chi connectivity index (χ1n) is 8.17. The van der Waals surface area contributed by atoms with E-state index in [0.717, 1.165) is 30.4 Å². The van der Waals surface area contributed by atoms with Crippen molar-refractivity contribution in [2.45, 2.75) is 26.7 Å². The van der Waals surface area contributed by atoms with Gasteiger partial charge in [-0.15, -0.1) is 0 Å². The van der Waals surface area contributed by atoms with E-state index in [4.69, 9.17) is 12.2 Å². The minimum Gasteiger partial charge on any atom is -0.315 e. The highest BCUT2D eigenvalue weighted by molar-refractivity contribution is 7.71. The Balaban J connectivity index is 1.73. The van der Waals surface area contributed by atoms with Gasteiger partial charge in [0.1, 0.15) is 12.4 Å². The van der Waals surface area contributed by atoms with Crippen LogP contribution in [-0.2, 0) is 19.8 Å². The van der Waals surface area contributed by atoms with Crippen LogP contribution in [0.5, 0.6) is 0 Å². The second kappa shape index (κ2) is 7.55. The lowest BCUT2D eigenvalue weighted by molar-refractivity contribution is -0.917. The van der Waals surface area contributed by atoms with Crippen molar-refractivity contribution in [2.24, 2.45) is 0 Å². The first kappa shape index (κ1) is 16.6. The van der Waals surface area contributed by atoms with Crippen LogP contribution in [0.15, 0.2) is 60.7 Å². The molecule has 1 aromatic heterocycles. The molecule has 1 unspecified atom stereocenters. The lowest BCUT2D eigenvalue weighted by Gasteiger charge is -2.13. The topological polar surface area (TPSA) is 27.2 Å². The van der Waals surface area contributed by atoms with E-state index in [1.165, 1.54) is 16.0 Å². The molecular weight excluding hydrogens is 316 g/mol. The highest BCUT2D eigenvalue weighted by Gasteiger charge is 2.11. The number of nitrogens with one attached hydrogen (secondary N) is 1. The highest BCUT2D eigenvalue weighted by atomic mass is 32.1. The summed E-state index contributed by atoms with van der Waals surface area (Å²) >= 11 is 5.65. The van der Waals surface area contributed by atoms with E-state index in [1.807, 2.05) is 23.7 Å². The Morgan fingerprint density at radius 3 is 2.17 bits per heavy atom. The minimum absolute atomic E-state index is 0.760. The molecule has 1 atom stereocenters. The van der Waals surface area contributed by atoms with Crippen LogP contribution in [-0.4, -0.2) is 21.4 Å². The Kier molecular flexibility index (Phi) is 5.23. The molecule has 1 N–H and O–H groups in total. The summed E-state index contributed by atoms with van der Waals surface area (Å²) in [5.41, 5.74) is 2.56. The molecule has 3 aromatic rings. The summed E-state index contributed by atoms with van der Waals surface area (Å²) in [6.45, 7) is 4.49. The molecule has 1 heterocycles. The van der Waals surface area contributed by atoms with E-state index in [2.05, 4.69) is 65.2 Å². The van der Waals surface area contributed by atoms with Crippen LogP contribution < -0.4 is 4.90 Å². The zero-order valence-corrected chi connectivity index (χ0v) is 15.0. The second-order valence-corrected chi connectivity index (χ2v) is 6.54. The predicted molar refractivity (Wildman–Crippen MR) is 98.4 cm³/mol. The van der Waals surface area contributed by atoms with Crippen molar-refractivity contribution in [3.63, 3.8) is 0 Å². The van der Waals surface area contributed by atoms with Gasteiger partial charge in [0.05, 0.1) is 13.6 Å². The van der Waals surface area contributed by atoms with Gasteiger partial charge in [-0.1, -0.05) is 60.7 Å². The molecule has 0 bridgehead atoms. The van der Waals surface area contributed by atoms with Gasteiger partial charge in [-0.05, 0) is 24.7 Å². The molecule has 0 fully saturated rings. The molecule has 124 valence electrons. The third kappa shape index (κ3) is 3.99. The van der Waals surface area contributed by atoms with Gasteiger partial charge in [-0.3, -0.25) is 4.57 Å². The first-order chi connectivity index (χ1) is 11.6. The molecule has 3 rings (SSSR count). The van der Waals surface area contributed by atoms with Crippen molar-refractivity contribution < 1.29 is 4.90 Å². The molecule has 0 aliphatic heterocycles. The largest absolute Gasteiger partial charge is 0.315 e. The van der Waals surface area contributed by atoms with Crippen molar-refractivity contribution >= 4 is 12.2 Å². The summed E-state index contributed by atoms with van der Waals surface area (Å²) in [6.07, 6.45) is 0. The van der Waals surface area contributed by atoms with Gasteiger partial charge in [0, 0.05) is 5.56 Å². The third-order valence-corrected chi connectivity index (χ3v) is 4.49. The molecule has 0 saturated carbocycles. The molecule has 0 aliphatic carbocycles. The standard InChI is InChI=1S/C19H22N4S/c1-16-20-23(15-21(2)13-17-9-5-3-6-10-17)19(24)22(16)14-18-11-7-4-8-12-18/h3-12H,13-15H2,1-2H3/p+1. The maximum absolute atomic E-state index is 5.65. The van der Waals surface area contributed by atoms with Crippen LogP contribution in [0.25, 0.3) is 0 Å². The molecule has 0 radical (unpaired) electrons. The third-order valence-electron chi connectivity index (χ3n) is 4.06. The van der Waals surface area contributed by atoms with Crippen LogP contribution in [0.3, 0.4) is 0 Å². The normalized spacial score (nSPS) is 12.2. The number of benzene rings is 2. The lowest BCUT2D eigenvalue weighted by Crippen LogP contribution is -3.07. The average molecular weight is 339 g/mol. The molecule has 0 saturated heterocycles. The van der Waals surface area contributed by atoms with Crippen molar-refractivity contribution in [3.8, 4) is 0 Å². The second-order valence-electron chi connectivity index (χ2n) is 6.18. The molecule has 4 nitrogen and oxygen atoms in total. The smallest absolute Gasteiger partial charge is 0.203 e. The monoisotopic (exact) mass is 339 g/mol. The number of hydrogen-bond donors (Lipinski definition) is 1. The van der Waals surface area contributed by atoms with Crippen LogP contribution in [0.1, 0.15) is 17.0 Å².